The van der Waals surface area contributed by atoms with Crippen molar-refractivity contribution in [2.24, 2.45) is 0 Å². The maximum atomic E-state index is 12.9. The van der Waals surface area contributed by atoms with Crippen LogP contribution in [0.2, 0.25) is 0 Å². The number of nitrogens with zero attached hydrogens (tertiary/aromatic N) is 3. The van der Waals surface area contributed by atoms with Gasteiger partial charge in [-0.2, -0.15) is 5.10 Å². The number of nitrogens with one attached hydrogen (secondary N) is 1. The highest BCUT2D eigenvalue weighted by Crippen LogP contribution is 2.18. The molecule has 34 heavy (non-hydrogen) atoms. The van der Waals surface area contributed by atoms with Crippen molar-refractivity contribution in [1.82, 2.24) is 14.2 Å². The smallest absolute Gasteiger partial charge is 0.277 e. The molecule has 0 unspecified atom stereocenters. The van der Waals surface area contributed by atoms with E-state index >= 15 is 0 Å². The molecule has 1 amide bonds. The van der Waals surface area contributed by atoms with Crippen molar-refractivity contribution in [1.29, 1.82) is 0 Å². The zero-order valence-electron chi connectivity index (χ0n) is 18.3. The topological polar surface area (TPSA) is 77.6 Å². The third-order valence-corrected chi connectivity index (χ3v) is 5.37. The number of rotatable bonds is 7. The van der Waals surface area contributed by atoms with Gasteiger partial charge in [-0.1, -0.05) is 60.7 Å². The van der Waals surface area contributed by atoms with Crippen molar-refractivity contribution < 1.29 is 9.53 Å². The lowest BCUT2D eigenvalue weighted by Gasteiger charge is -2.09. The molecule has 2 heterocycles. The number of fused-ring (bicyclic) bond motifs is 1. The van der Waals surface area contributed by atoms with Gasteiger partial charge in [-0.05, 0) is 35.9 Å². The Kier molecular flexibility index (Phi) is 5.90. The molecule has 0 saturated carbocycles. The van der Waals surface area contributed by atoms with Gasteiger partial charge in [-0.3, -0.25) is 9.59 Å². The number of carbonyl (C=O) groups is 1. The number of carbonyl (C=O) groups excluding carboxylic acids is 1. The molecule has 0 aliphatic heterocycles. The van der Waals surface area contributed by atoms with Gasteiger partial charge in [0, 0.05) is 23.6 Å². The normalized spacial score (nSPS) is 10.8. The summed E-state index contributed by atoms with van der Waals surface area (Å²) in [6.07, 6.45) is 3.24. The SMILES string of the molecule is O=C(Cn1ccn2nc(-c3ccccc3)cc2c1=O)Nc1ccc(OCc2ccccc2)cc1. The van der Waals surface area contributed by atoms with Gasteiger partial charge in [0.25, 0.3) is 5.56 Å². The van der Waals surface area contributed by atoms with Crippen LogP contribution < -0.4 is 15.6 Å². The lowest BCUT2D eigenvalue weighted by Crippen LogP contribution is -2.28. The molecule has 7 nitrogen and oxygen atoms in total. The number of hydrogen-bond donors (Lipinski definition) is 1. The predicted octanol–water partition coefficient (Wildman–Crippen LogP) is 4.38. The Bertz CT molecular complexity index is 1470. The highest BCUT2D eigenvalue weighted by atomic mass is 16.5. The molecular weight excluding hydrogens is 428 g/mol. The summed E-state index contributed by atoms with van der Waals surface area (Å²) < 4.78 is 8.68. The first-order valence-electron chi connectivity index (χ1n) is 10.9. The summed E-state index contributed by atoms with van der Waals surface area (Å²) in [5, 5.41) is 7.29. The van der Waals surface area contributed by atoms with Gasteiger partial charge in [0.15, 0.2) is 0 Å². The van der Waals surface area contributed by atoms with E-state index in [4.69, 9.17) is 4.74 Å². The summed E-state index contributed by atoms with van der Waals surface area (Å²) in [4.78, 5) is 25.5. The van der Waals surface area contributed by atoms with Crippen molar-refractivity contribution in [3.05, 3.63) is 119 Å². The lowest BCUT2D eigenvalue weighted by atomic mass is 10.1. The van der Waals surface area contributed by atoms with E-state index in [-0.39, 0.29) is 18.0 Å². The summed E-state index contributed by atoms with van der Waals surface area (Å²) in [5.41, 5.74) is 3.46. The number of ether oxygens (including phenoxy) is 1. The third-order valence-electron chi connectivity index (χ3n) is 5.37. The van der Waals surface area contributed by atoms with E-state index in [0.29, 0.717) is 29.3 Å². The molecule has 7 heteroatoms. The Labute approximate surface area is 195 Å². The fraction of sp³-hybridized carbons (Fsp3) is 0.0741. The monoisotopic (exact) mass is 450 g/mol. The van der Waals surface area contributed by atoms with Crippen LogP contribution in [-0.2, 0) is 17.9 Å². The molecule has 0 aliphatic rings. The van der Waals surface area contributed by atoms with E-state index in [0.717, 1.165) is 11.1 Å². The quantitative estimate of drug-likeness (QED) is 0.399. The molecule has 5 aromatic rings. The van der Waals surface area contributed by atoms with Crippen LogP contribution in [0.5, 0.6) is 5.75 Å². The largest absolute Gasteiger partial charge is 0.489 e. The third kappa shape index (κ3) is 4.73. The summed E-state index contributed by atoms with van der Waals surface area (Å²) in [6, 6.07) is 28.4. The van der Waals surface area contributed by atoms with E-state index in [1.807, 2.05) is 60.7 Å². The van der Waals surface area contributed by atoms with Crippen LogP contribution in [0.3, 0.4) is 0 Å². The zero-order chi connectivity index (χ0) is 23.3. The highest BCUT2D eigenvalue weighted by molar-refractivity contribution is 5.90. The maximum Gasteiger partial charge on any atom is 0.277 e. The first kappa shape index (κ1) is 21.2. The number of aromatic nitrogens is 3. The average Bonchev–Trinajstić information content (AvgIpc) is 3.32. The van der Waals surface area contributed by atoms with Crippen molar-refractivity contribution in [3.63, 3.8) is 0 Å². The van der Waals surface area contributed by atoms with Gasteiger partial charge in [-0.25, -0.2) is 4.52 Å². The van der Waals surface area contributed by atoms with Crippen LogP contribution in [-0.4, -0.2) is 20.1 Å². The molecule has 3 aromatic carbocycles. The summed E-state index contributed by atoms with van der Waals surface area (Å²) >= 11 is 0. The Morgan fingerprint density at radius 1 is 0.882 bits per heavy atom. The second kappa shape index (κ2) is 9.46. The molecule has 0 aliphatic carbocycles. The maximum absolute atomic E-state index is 12.9. The van der Waals surface area contributed by atoms with E-state index in [1.165, 1.54) is 9.08 Å². The summed E-state index contributed by atoms with van der Waals surface area (Å²) in [5.74, 6) is 0.408. The van der Waals surface area contributed by atoms with Gasteiger partial charge in [-0.15, -0.1) is 0 Å². The fourth-order valence-electron chi connectivity index (χ4n) is 3.63. The molecule has 0 atom stereocenters. The lowest BCUT2D eigenvalue weighted by molar-refractivity contribution is -0.116. The number of anilines is 1. The average molecular weight is 450 g/mol. The van der Waals surface area contributed by atoms with Crippen molar-refractivity contribution >= 4 is 17.1 Å². The molecule has 1 N–H and O–H groups in total. The Balaban J connectivity index is 1.24. The molecule has 5 rings (SSSR count). The minimum Gasteiger partial charge on any atom is -0.489 e. The summed E-state index contributed by atoms with van der Waals surface area (Å²) in [7, 11) is 0. The zero-order valence-corrected chi connectivity index (χ0v) is 18.3. The molecule has 2 aromatic heterocycles. The number of benzene rings is 3. The molecule has 0 saturated heterocycles. The Morgan fingerprint density at radius 3 is 2.32 bits per heavy atom. The second-order valence-corrected chi connectivity index (χ2v) is 7.80. The predicted molar refractivity (Wildman–Crippen MR) is 131 cm³/mol. The Morgan fingerprint density at radius 2 is 1.59 bits per heavy atom. The van der Waals surface area contributed by atoms with Gasteiger partial charge >= 0.3 is 0 Å². The standard InChI is InChI=1S/C27H22N4O3/c32-26(28-22-11-13-23(14-12-22)34-19-20-7-3-1-4-8-20)18-30-15-16-31-25(27(30)33)17-24(29-31)21-9-5-2-6-10-21/h1-17H,18-19H2,(H,28,32). The molecule has 0 bridgehead atoms. The van der Waals surface area contributed by atoms with Crippen molar-refractivity contribution in [3.8, 4) is 17.0 Å². The van der Waals surface area contributed by atoms with Crippen LogP contribution in [0.25, 0.3) is 16.8 Å². The summed E-state index contributed by atoms with van der Waals surface area (Å²) in [6.45, 7) is 0.367. The van der Waals surface area contributed by atoms with Gasteiger partial charge < -0.3 is 14.6 Å². The van der Waals surface area contributed by atoms with Crippen LogP contribution in [0.1, 0.15) is 5.56 Å². The number of amides is 1. The molecule has 0 fully saturated rings. The van der Waals surface area contributed by atoms with E-state index in [1.54, 1.807) is 42.7 Å². The van der Waals surface area contributed by atoms with Crippen molar-refractivity contribution in [2.45, 2.75) is 13.2 Å². The van der Waals surface area contributed by atoms with Gasteiger partial charge in [0.2, 0.25) is 5.91 Å². The fourth-order valence-corrected chi connectivity index (χ4v) is 3.63. The molecular formula is C27H22N4O3. The van der Waals surface area contributed by atoms with Crippen LogP contribution in [0.4, 0.5) is 5.69 Å². The van der Waals surface area contributed by atoms with Gasteiger partial charge in [0.1, 0.15) is 24.4 Å². The minimum atomic E-state index is -0.299. The molecule has 0 radical (unpaired) electrons. The van der Waals surface area contributed by atoms with Crippen molar-refractivity contribution in [2.75, 3.05) is 5.32 Å². The molecule has 168 valence electrons. The first-order chi connectivity index (χ1) is 16.7. The minimum absolute atomic E-state index is 0.104. The number of hydrogen-bond acceptors (Lipinski definition) is 4. The van der Waals surface area contributed by atoms with Crippen LogP contribution in [0.15, 0.2) is 108 Å². The first-order valence-corrected chi connectivity index (χ1v) is 10.9. The van der Waals surface area contributed by atoms with E-state index < -0.39 is 0 Å². The second-order valence-electron chi connectivity index (χ2n) is 7.80. The Hall–Kier alpha value is -4.65. The van der Waals surface area contributed by atoms with Crippen LogP contribution >= 0.6 is 0 Å². The van der Waals surface area contributed by atoms with Gasteiger partial charge in [0.05, 0.1) is 5.69 Å². The van der Waals surface area contributed by atoms with Crippen LogP contribution in [0, 0.1) is 0 Å². The highest BCUT2D eigenvalue weighted by Gasteiger charge is 2.11. The van der Waals surface area contributed by atoms with E-state index in [9.17, 15) is 9.59 Å². The van der Waals surface area contributed by atoms with E-state index in [2.05, 4.69) is 10.4 Å². The molecule has 0 spiro atoms.